The van der Waals surface area contributed by atoms with E-state index in [1.54, 1.807) is 0 Å². The van der Waals surface area contributed by atoms with Crippen LogP contribution in [0.3, 0.4) is 0 Å². The van der Waals surface area contributed by atoms with Gasteiger partial charge in [0, 0.05) is 27.9 Å². The number of aldehydes is 1. The van der Waals surface area contributed by atoms with Crippen LogP contribution in [0.25, 0.3) is 0 Å². The topological polar surface area (TPSA) is 125 Å². The summed E-state index contributed by atoms with van der Waals surface area (Å²) >= 11 is 0. The summed E-state index contributed by atoms with van der Waals surface area (Å²) in [4.78, 5) is 44.0. The number of carbonyl (C=O) groups is 4. The summed E-state index contributed by atoms with van der Waals surface area (Å²) in [5, 5.41) is 10.00. The Kier molecular flexibility index (Phi) is 8.95. The minimum atomic E-state index is -1.48. The Labute approximate surface area is 127 Å². The van der Waals surface area contributed by atoms with E-state index in [1.165, 1.54) is 7.11 Å². The summed E-state index contributed by atoms with van der Waals surface area (Å²) < 4.78 is 19.3. The highest BCUT2D eigenvalue weighted by Gasteiger charge is 2.39. The molecule has 4 atom stereocenters. The molecule has 0 bridgehead atoms. The van der Waals surface area contributed by atoms with Crippen molar-refractivity contribution < 1.29 is 43.2 Å². The number of aliphatic hydroxyl groups is 1. The van der Waals surface area contributed by atoms with Crippen LogP contribution in [0.15, 0.2) is 0 Å². The molecule has 0 heterocycles. The third kappa shape index (κ3) is 7.14. The molecule has 0 aromatic rings. The zero-order valence-electron chi connectivity index (χ0n) is 12.8. The van der Waals surface area contributed by atoms with Crippen LogP contribution < -0.4 is 0 Å². The van der Waals surface area contributed by atoms with E-state index < -0.39 is 48.9 Å². The number of aliphatic hydroxyl groups excluding tert-OH is 1. The molecule has 9 nitrogen and oxygen atoms in total. The SMILES string of the molecule is CO[C@@H]([C@H](OC(C)=O)[C@@H](O)COC(C)=O)[C@H](C=O)OC(C)=O. The molecule has 0 spiro atoms. The Bertz CT molecular complexity index is 406. The highest BCUT2D eigenvalue weighted by atomic mass is 16.6. The maximum absolute atomic E-state index is 11.2. The van der Waals surface area contributed by atoms with Gasteiger partial charge in [0.2, 0.25) is 0 Å². The quantitative estimate of drug-likeness (QED) is 0.323. The molecule has 0 aliphatic rings. The third-order valence-electron chi connectivity index (χ3n) is 2.49. The molecule has 0 saturated carbocycles. The van der Waals surface area contributed by atoms with Crippen LogP contribution in [0.4, 0.5) is 0 Å². The molecule has 9 heteroatoms. The number of rotatable bonds is 9. The van der Waals surface area contributed by atoms with Crippen LogP contribution in [0.1, 0.15) is 20.8 Å². The predicted octanol–water partition coefficient (Wildman–Crippen LogP) is -1.01. The first-order valence-electron chi connectivity index (χ1n) is 6.36. The van der Waals surface area contributed by atoms with Crippen molar-refractivity contribution in [2.75, 3.05) is 13.7 Å². The van der Waals surface area contributed by atoms with E-state index in [1.807, 2.05) is 0 Å². The minimum Gasteiger partial charge on any atom is -0.463 e. The van der Waals surface area contributed by atoms with Gasteiger partial charge >= 0.3 is 17.9 Å². The lowest BCUT2D eigenvalue weighted by molar-refractivity contribution is -0.186. The van der Waals surface area contributed by atoms with Crippen molar-refractivity contribution in [1.82, 2.24) is 0 Å². The van der Waals surface area contributed by atoms with Gasteiger partial charge in [-0.3, -0.25) is 19.2 Å². The molecule has 0 amide bonds. The zero-order chi connectivity index (χ0) is 17.3. The first kappa shape index (κ1) is 20.0. The lowest BCUT2D eigenvalue weighted by Crippen LogP contribution is -2.51. The van der Waals surface area contributed by atoms with Crippen molar-refractivity contribution in [3.05, 3.63) is 0 Å². The molecular weight excluding hydrogens is 300 g/mol. The average Bonchev–Trinajstić information content (AvgIpc) is 2.42. The fourth-order valence-corrected chi connectivity index (χ4v) is 1.67. The van der Waals surface area contributed by atoms with Crippen LogP contribution in [0.5, 0.6) is 0 Å². The summed E-state index contributed by atoms with van der Waals surface area (Å²) in [5.41, 5.74) is 0. The van der Waals surface area contributed by atoms with E-state index in [0.717, 1.165) is 20.8 Å². The lowest BCUT2D eigenvalue weighted by Gasteiger charge is -2.31. The number of methoxy groups -OCH3 is 1. The minimum absolute atomic E-state index is 0.282. The number of esters is 3. The van der Waals surface area contributed by atoms with E-state index >= 15 is 0 Å². The number of ether oxygens (including phenoxy) is 4. The van der Waals surface area contributed by atoms with Gasteiger partial charge in [-0.15, -0.1) is 0 Å². The summed E-state index contributed by atoms with van der Waals surface area (Å²) in [6.45, 7) is 2.81. The lowest BCUT2D eigenvalue weighted by atomic mass is 10.0. The summed E-state index contributed by atoms with van der Waals surface area (Å²) in [7, 11) is 1.18. The standard InChI is InChI=1S/C13H20O9/c1-7(15)20-6-10(18)12(22-9(3)17)13(19-4)11(5-14)21-8(2)16/h5,10-13,18H,6H2,1-4H3/t10-,11-,12+,13+/m0/s1. The van der Waals surface area contributed by atoms with Gasteiger partial charge < -0.3 is 24.1 Å². The van der Waals surface area contributed by atoms with Gasteiger partial charge in [0.1, 0.15) is 18.8 Å². The van der Waals surface area contributed by atoms with Gasteiger partial charge in [0.25, 0.3) is 0 Å². The highest BCUT2D eigenvalue weighted by Crippen LogP contribution is 2.15. The van der Waals surface area contributed by atoms with Crippen LogP contribution in [-0.2, 0) is 38.1 Å². The summed E-state index contributed by atoms with van der Waals surface area (Å²) in [5.74, 6) is -2.17. The Morgan fingerprint density at radius 1 is 1.00 bits per heavy atom. The molecule has 126 valence electrons. The van der Waals surface area contributed by atoms with Crippen molar-refractivity contribution >= 4 is 24.2 Å². The van der Waals surface area contributed by atoms with Gasteiger partial charge in [-0.25, -0.2) is 0 Å². The molecule has 0 unspecified atom stereocenters. The van der Waals surface area contributed by atoms with Gasteiger partial charge in [-0.1, -0.05) is 0 Å². The molecule has 0 aliphatic heterocycles. The van der Waals surface area contributed by atoms with E-state index in [4.69, 9.17) is 14.2 Å². The second kappa shape index (κ2) is 9.85. The van der Waals surface area contributed by atoms with Gasteiger partial charge in [-0.05, 0) is 0 Å². The van der Waals surface area contributed by atoms with E-state index in [2.05, 4.69) is 4.74 Å². The van der Waals surface area contributed by atoms with Crippen LogP contribution in [0.2, 0.25) is 0 Å². The van der Waals surface area contributed by atoms with E-state index in [0.29, 0.717) is 0 Å². The smallest absolute Gasteiger partial charge is 0.303 e. The molecule has 0 radical (unpaired) electrons. The van der Waals surface area contributed by atoms with E-state index in [9.17, 15) is 24.3 Å². The van der Waals surface area contributed by atoms with Crippen LogP contribution >= 0.6 is 0 Å². The Hall–Kier alpha value is -2.00. The maximum Gasteiger partial charge on any atom is 0.303 e. The average molecular weight is 320 g/mol. The Morgan fingerprint density at radius 3 is 1.91 bits per heavy atom. The molecule has 0 aromatic heterocycles. The number of carbonyl (C=O) groups excluding carboxylic acids is 4. The number of hydrogen-bond acceptors (Lipinski definition) is 9. The van der Waals surface area contributed by atoms with Crippen molar-refractivity contribution in [1.29, 1.82) is 0 Å². The first-order valence-corrected chi connectivity index (χ1v) is 6.36. The van der Waals surface area contributed by atoms with Crippen molar-refractivity contribution in [3.63, 3.8) is 0 Å². The van der Waals surface area contributed by atoms with Crippen molar-refractivity contribution in [2.24, 2.45) is 0 Å². The molecular formula is C13H20O9. The molecule has 1 N–H and O–H groups in total. The number of hydrogen-bond donors (Lipinski definition) is 1. The second-order valence-electron chi connectivity index (χ2n) is 4.35. The second-order valence-corrected chi connectivity index (χ2v) is 4.35. The van der Waals surface area contributed by atoms with Gasteiger partial charge in [-0.2, -0.15) is 0 Å². The maximum atomic E-state index is 11.2. The Balaban J connectivity index is 5.22. The zero-order valence-corrected chi connectivity index (χ0v) is 12.8. The van der Waals surface area contributed by atoms with Crippen molar-refractivity contribution in [3.8, 4) is 0 Å². The van der Waals surface area contributed by atoms with Gasteiger partial charge in [0.05, 0.1) is 0 Å². The largest absolute Gasteiger partial charge is 0.463 e. The molecule has 0 aliphatic carbocycles. The third-order valence-corrected chi connectivity index (χ3v) is 2.49. The van der Waals surface area contributed by atoms with Crippen LogP contribution in [-0.4, -0.2) is 67.4 Å². The molecule has 22 heavy (non-hydrogen) atoms. The molecule has 0 saturated heterocycles. The Morgan fingerprint density at radius 2 is 1.55 bits per heavy atom. The van der Waals surface area contributed by atoms with Crippen LogP contribution in [0, 0.1) is 0 Å². The van der Waals surface area contributed by atoms with Gasteiger partial charge in [0.15, 0.2) is 18.5 Å². The first-order chi connectivity index (χ1) is 10.2. The fraction of sp³-hybridized carbons (Fsp3) is 0.692. The molecule has 0 aromatic carbocycles. The summed E-state index contributed by atoms with van der Waals surface area (Å²) in [6.07, 6.45) is -5.24. The predicted molar refractivity (Wildman–Crippen MR) is 70.6 cm³/mol. The highest BCUT2D eigenvalue weighted by molar-refractivity contribution is 5.70. The van der Waals surface area contributed by atoms with Crippen molar-refractivity contribution in [2.45, 2.75) is 45.2 Å². The monoisotopic (exact) mass is 320 g/mol. The normalized spacial score (nSPS) is 15.9. The molecule has 0 fully saturated rings. The summed E-state index contributed by atoms with van der Waals surface area (Å²) in [6, 6.07) is 0. The van der Waals surface area contributed by atoms with E-state index in [-0.39, 0.29) is 6.29 Å². The fourth-order valence-electron chi connectivity index (χ4n) is 1.67. The molecule has 0 rings (SSSR count).